The number of nitrogens with zero attached hydrogens (tertiary/aromatic N) is 2. The Labute approximate surface area is 137 Å². The van der Waals surface area contributed by atoms with Gasteiger partial charge in [0.05, 0.1) is 5.02 Å². The third-order valence-electron chi connectivity index (χ3n) is 2.84. The second-order valence-corrected chi connectivity index (χ2v) is 6.67. The van der Waals surface area contributed by atoms with Gasteiger partial charge in [-0.15, -0.1) is 0 Å². The normalized spacial score (nSPS) is 11.1. The molecule has 10 heteroatoms. The average molecular weight is 357 g/mol. The summed E-state index contributed by atoms with van der Waals surface area (Å²) >= 11 is 5.81. The van der Waals surface area contributed by atoms with E-state index in [0.717, 1.165) is 4.57 Å². The summed E-state index contributed by atoms with van der Waals surface area (Å²) in [6.07, 6.45) is 0. The van der Waals surface area contributed by atoms with Gasteiger partial charge in [0.25, 0.3) is 15.6 Å². The first-order chi connectivity index (χ1) is 10.7. The summed E-state index contributed by atoms with van der Waals surface area (Å²) in [5.74, 6) is -0.0816. The lowest BCUT2D eigenvalue weighted by molar-refractivity contribution is 0.256. The number of carbonyl (C=O) groups excluding carboxylic acids is 1. The fraction of sp³-hybridized carbons (Fsp3) is 0.154. The van der Waals surface area contributed by atoms with Crippen LogP contribution in [0.4, 0.5) is 10.7 Å². The minimum Gasteiger partial charge on any atom is -0.282 e. The van der Waals surface area contributed by atoms with Crippen LogP contribution in [0, 0.1) is 6.92 Å². The Bertz CT molecular complexity index is 924. The number of urea groups is 1. The summed E-state index contributed by atoms with van der Waals surface area (Å²) in [7, 11) is -2.76. The number of carbonyl (C=O) groups is 1. The molecule has 8 nitrogen and oxygen atoms in total. The molecule has 1 aromatic carbocycles. The van der Waals surface area contributed by atoms with Crippen LogP contribution >= 0.6 is 11.6 Å². The van der Waals surface area contributed by atoms with Crippen molar-refractivity contribution in [1.82, 2.24) is 14.3 Å². The van der Waals surface area contributed by atoms with Crippen LogP contribution in [0.1, 0.15) is 5.69 Å². The van der Waals surface area contributed by atoms with E-state index in [4.69, 9.17) is 11.6 Å². The Hall–Kier alpha value is -2.39. The Morgan fingerprint density at radius 3 is 2.61 bits per heavy atom. The zero-order chi connectivity index (χ0) is 17.2. The molecule has 2 rings (SSSR count). The standard InChI is InChI=1S/C13H13ClN4O4S/c1-8-7-11(19)18(2)12(15-8)16-13(20)17-23(21,22)10-6-4-3-5-9(10)14/h3-7H,1-2H3,(H2,15,16,17,20). The first-order valence-corrected chi connectivity index (χ1v) is 8.20. The number of aryl methyl sites for hydroxylation is 1. The van der Waals surface area contributed by atoms with Crippen LogP contribution in [-0.2, 0) is 17.1 Å². The van der Waals surface area contributed by atoms with Crippen molar-refractivity contribution in [3.05, 3.63) is 51.4 Å². The van der Waals surface area contributed by atoms with Crippen molar-refractivity contribution in [2.75, 3.05) is 5.32 Å². The van der Waals surface area contributed by atoms with E-state index in [1.807, 2.05) is 4.72 Å². The molecule has 2 aromatic rings. The second kappa shape index (κ2) is 6.39. The van der Waals surface area contributed by atoms with Crippen LogP contribution < -0.4 is 15.6 Å². The molecule has 0 aliphatic heterocycles. The highest BCUT2D eigenvalue weighted by Gasteiger charge is 2.21. The van der Waals surface area contributed by atoms with Crippen LogP contribution in [-0.4, -0.2) is 24.0 Å². The number of anilines is 1. The minimum absolute atomic E-state index is 0.0196. The molecule has 2 amide bonds. The number of nitrogens with one attached hydrogen (secondary N) is 2. The van der Waals surface area contributed by atoms with Gasteiger partial charge in [-0.1, -0.05) is 23.7 Å². The van der Waals surface area contributed by atoms with Gasteiger partial charge in [-0.05, 0) is 19.1 Å². The quantitative estimate of drug-likeness (QED) is 0.860. The minimum atomic E-state index is -4.15. The Morgan fingerprint density at radius 2 is 1.96 bits per heavy atom. The van der Waals surface area contributed by atoms with E-state index < -0.39 is 16.1 Å². The predicted molar refractivity (Wildman–Crippen MR) is 85.0 cm³/mol. The first kappa shape index (κ1) is 17.0. The van der Waals surface area contributed by atoms with E-state index >= 15 is 0 Å². The van der Waals surface area contributed by atoms with E-state index in [9.17, 15) is 18.0 Å². The van der Waals surface area contributed by atoms with Crippen molar-refractivity contribution >= 4 is 33.6 Å². The van der Waals surface area contributed by atoms with Gasteiger partial charge in [-0.2, -0.15) is 0 Å². The third-order valence-corrected chi connectivity index (χ3v) is 4.67. The summed E-state index contributed by atoms with van der Waals surface area (Å²) in [4.78, 5) is 27.2. The molecule has 122 valence electrons. The zero-order valence-corrected chi connectivity index (χ0v) is 13.8. The van der Waals surface area contributed by atoms with Gasteiger partial charge >= 0.3 is 6.03 Å². The zero-order valence-electron chi connectivity index (χ0n) is 12.2. The summed E-state index contributed by atoms with van der Waals surface area (Å²) in [6.45, 7) is 1.57. The number of halogens is 1. The van der Waals surface area contributed by atoms with Crippen molar-refractivity contribution in [3.63, 3.8) is 0 Å². The molecule has 0 unspecified atom stereocenters. The summed E-state index contributed by atoms with van der Waals surface area (Å²) in [5, 5.41) is 2.20. The van der Waals surface area contributed by atoms with Gasteiger partial charge in [-0.25, -0.2) is 22.9 Å². The predicted octanol–water partition coefficient (Wildman–Crippen LogP) is 1.25. The van der Waals surface area contributed by atoms with Gasteiger partial charge < -0.3 is 0 Å². The lowest BCUT2D eigenvalue weighted by atomic mass is 10.4. The molecule has 0 aliphatic rings. The molecule has 23 heavy (non-hydrogen) atoms. The van der Waals surface area contributed by atoms with Gasteiger partial charge in [0.15, 0.2) is 0 Å². The Balaban J connectivity index is 2.24. The summed E-state index contributed by atoms with van der Waals surface area (Å²) in [6, 6.07) is 5.91. The molecule has 0 spiro atoms. The van der Waals surface area contributed by atoms with E-state index in [0.29, 0.717) is 5.69 Å². The summed E-state index contributed by atoms with van der Waals surface area (Å²) < 4.78 is 27.1. The first-order valence-electron chi connectivity index (χ1n) is 6.34. The second-order valence-electron chi connectivity index (χ2n) is 4.61. The fourth-order valence-electron chi connectivity index (χ4n) is 1.73. The lowest BCUT2D eigenvalue weighted by Crippen LogP contribution is -2.36. The van der Waals surface area contributed by atoms with Crippen molar-refractivity contribution in [1.29, 1.82) is 0 Å². The summed E-state index contributed by atoms with van der Waals surface area (Å²) in [5.41, 5.74) is -0.000813. The van der Waals surface area contributed by atoms with Crippen molar-refractivity contribution in [3.8, 4) is 0 Å². The van der Waals surface area contributed by atoms with Crippen LogP contribution in [0.5, 0.6) is 0 Å². The van der Waals surface area contributed by atoms with Crippen molar-refractivity contribution < 1.29 is 13.2 Å². The van der Waals surface area contributed by atoms with E-state index in [1.54, 1.807) is 13.0 Å². The molecule has 0 fully saturated rings. The SMILES string of the molecule is Cc1cc(=O)n(C)c(NC(=O)NS(=O)(=O)c2ccccc2Cl)n1. The highest BCUT2D eigenvalue weighted by atomic mass is 35.5. The molecule has 2 N–H and O–H groups in total. The topological polar surface area (TPSA) is 110 Å². The van der Waals surface area contributed by atoms with Crippen LogP contribution in [0.2, 0.25) is 5.02 Å². The maximum atomic E-state index is 12.1. The molecule has 0 saturated heterocycles. The van der Waals surface area contributed by atoms with Gasteiger partial charge in [0.2, 0.25) is 5.95 Å². The number of aromatic nitrogens is 2. The third kappa shape index (κ3) is 3.88. The Kier molecular flexibility index (Phi) is 4.71. The van der Waals surface area contributed by atoms with E-state index in [1.165, 1.54) is 31.3 Å². The van der Waals surface area contributed by atoms with Gasteiger partial charge in [0.1, 0.15) is 4.90 Å². The van der Waals surface area contributed by atoms with E-state index in [2.05, 4.69) is 10.3 Å². The molecular formula is C13H13ClN4O4S. The number of hydrogen-bond acceptors (Lipinski definition) is 5. The van der Waals surface area contributed by atoms with E-state index in [-0.39, 0.29) is 21.4 Å². The molecule has 0 saturated carbocycles. The van der Waals surface area contributed by atoms with Gasteiger partial charge in [-0.3, -0.25) is 14.7 Å². The molecule has 1 heterocycles. The monoisotopic (exact) mass is 356 g/mol. The van der Waals surface area contributed by atoms with Crippen molar-refractivity contribution in [2.45, 2.75) is 11.8 Å². The number of rotatable bonds is 3. The lowest BCUT2D eigenvalue weighted by Gasteiger charge is -2.11. The highest BCUT2D eigenvalue weighted by Crippen LogP contribution is 2.20. The number of hydrogen-bond donors (Lipinski definition) is 2. The fourth-order valence-corrected chi connectivity index (χ4v) is 3.16. The highest BCUT2D eigenvalue weighted by molar-refractivity contribution is 7.90. The maximum Gasteiger partial charge on any atom is 0.335 e. The molecule has 0 radical (unpaired) electrons. The number of sulfonamides is 1. The largest absolute Gasteiger partial charge is 0.335 e. The van der Waals surface area contributed by atoms with Crippen LogP contribution in [0.25, 0.3) is 0 Å². The Morgan fingerprint density at radius 1 is 1.30 bits per heavy atom. The number of amides is 2. The van der Waals surface area contributed by atoms with Crippen LogP contribution in [0.15, 0.2) is 40.0 Å². The smallest absolute Gasteiger partial charge is 0.282 e. The van der Waals surface area contributed by atoms with Gasteiger partial charge in [0, 0.05) is 18.8 Å². The molecule has 0 bridgehead atoms. The van der Waals surface area contributed by atoms with Crippen LogP contribution in [0.3, 0.4) is 0 Å². The van der Waals surface area contributed by atoms with Crippen molar-refractivity contribution in [2.24, 2.45) is 7.05 Å². The molecular weight excluding hydrogens is 344 g/mol. The molecule has 0 atom stereocenters. The molecule has 0 aliphatic carbocycles. The maximum absolute atomic E-state index is 12.1. The number of benzene rings is 1. The average Bonchev–Trinajstić information content (AvgIpc) is 2.43. The molecule has 1 aromatic heterocycles.